The van der Waals surface area contributed by atoms with Crippen molar-refractivity contribution in [2.75, 3.05) is 0 Å². The number of aromatic amines is 2. The molecule has 0 saturated heterocycles. The Morgan fingerprint density at radius 1 is 1.00 bits per heavy atom. The largest absolute Gasteiger partial charge is 0.376 e. The average molecular weight is 563 g/mol. The highest BCUT2D eigenvalue weighted by Crippen LogP contribution is 2.45. The Labute approximate surface area is 250 Å². The van der Waals surface area contributed by atoms with Gasteiger partial charge in [0.1, 0.15) is 0 Å². The van der Waals surface area contributed by atoms with E-state index in [0.717, 1.165) is 30.7 Å². The Kier molecular flexibility index (Phi) is 6.07. The van der Waals surface area contributed by atoms with Crippen LogP contribution in [-0.2, 0) is 7.05 Å². The normalized spacial score (nSPS) is 19.7. The van der Waals surface area contributed by atoms with Crippen molar-refractivity contribution in [3.05, 3.63) is 143 Å². The van der Waals surface area contributed by atoms with Crippen molar-refractivity contribution in [2.45, 2.75) is 31.3 Å². The molecule has 2 unspecified atom stereocenters. The topological polar surface area (TPSA) is 84.4 Å². The quantitative estimate of drug-likeness (QED) is 0.136. The first kappa shape index (κ1) is 25.5. The number of hydrogen-bond donors (Lipinski definition) is 5. The summed E-state index contributed by atoms with van der Waals surface area (Å²) in [6.07, 6.45) is 21.3. The molecular formula is C37H34N6. The number of nitrogens with one attached hydrogen (secondary N) is 5. The second-order valence-electron chi connectivity index (χ2n) is 11.6. The van der Waals surface area contributed by atoms with Gasteiger partial charge >= 0.3 is 0 Å². The molecule has 0 radical (unpaired) electrons. The zero-order valence-electron chi connectivity index (χ0n) is 24.1. The fourth-order valence-corrected chi connectivity index (χ4v) is 6.94. The molecule has 2 aliphatic heterocycles. The highest BCUT2D eigenvalue weighted by molar-refractivity contribution is 6.08. The lowest BCUT2D eigenvalue weighted by atomic mass is 9.85. The Morgan fingerprint density at radius 2 is 1.88 bits per heavy atom. The summed E-state index contributed by atoms with van der Waals surface area (Å²) in [4.78, 5) is 7.24. The second kappa shape index (κ2) is 10.2. The summed E-state index contributed by atoms with van der Waals surface area (Å²) in [7, 11) is 2.13. The number of nitrogens with zero attached hydrogens (tertiary/aromatic N) is 1. The van der Waals surface area contributed by atoms with E-state index in [0.29, 0.717) is 0 Å². The molecule has 43 heavy (non-hydrogen) atoms. The number of rotatable bonds is 6. The lowest BCUT2D eigenvalue weighted by molar-refractivity contribution is 0.678. The SMILES string of the molecule is Cn1ccc2ccc3c4c([nH]c3c21)C1=CCCC=C1NC4c1ccc(C2=CC(c3ccc[nH]3)NC(C/C=C\C=N)=C2)cc1. The smallest absolute Gasteiger partial charge is 0.0854 e. The van der Waals surface area contributed by atoms with E-state index in [2.05, 4.69) is 111 Å². The molecule has 6 nitrogen and oxygen atoms in total. The molecule has 0 amide bonds. The molecule has 2 atom stereocenters. The molecule has 6 heteroatoms. The molecule has 5 heterocycles. The van der Waals surface area contributed by atoms with Gasteiger partial charge in [-0.2, -0.15) is 0 Å². The third-order valence-corrected chi connectivity index (χ3v) is 8.98. The van der Waals surface area contributed by atoms with Crippen molar-refractivity contribution in [1.29, 1.82) is 5.41 Å². The maximum atomic E-state index is 7.34. The highest BCUT2D eigenvalue weighted by atomic mass is 15.0. The van der Waals surface area contributed by atoms with Crippen LogP contribution in [-0.4, -0.2) is 20.7 Å². The van der Waals surface area contributed by atoms with Crippen LogP contribution in [0.1, 0.15) is 59.4 Å². The number of benzene rings is 2. The minimum absolute atomic E-state index is 0.0445. The van der Waals surface area contributed by atoms with Gasteiger partial charge in [0.25, 0.3) is 0 Å². The molecule has 0 fully saturated rings. The Balaban J connectivity index is 1.20. The van der Waals surface area contributed by atoms with E-state index in [-0.39, 0.29) is 12.1 Å². The Morgan fingerprint density at radius 3 is 2.72 bits per heavy atom. The molecule has 0 bridgehead atoms. The van der Waals surface area contributed by atoms with Crippen molar-refractivity contribution in [2.24, 2.45) is 7.05 Å². The maximum absolute atomic E-state index is 7.34. The van der Waals surface area contributed by atoms with Crippen LogP contribution in [0, 0.1) is 5.41 Å². The van der Waals surface area contributed by atoms with Crippen LogP contribution >= 0.6 is 0 Å². The minimum atomic E-state index is 0.0445. The zero-order valence-corrected chi connectivity index (χ0v) is 24.1. The number of allylic oxidation sites excluding steroid dienone is 7. The number of dihydropyridines is 1. The first-order valence-corrected chi connectivity index (χ1v) is 15.0. The number of aryl methyl sites for hydroxylation is 1. The van der Waals surface area contributed by atoms with Gasteiger partial charge in [0.15, 0.2) is 0 Å². The van der Waals surface area contributed by atoms with E-state index in [9.17, 15) is 0 Å². The van der Waals surface area contributed by atoms with Crippen LogP contribution in [0.25, 0.3) is 33.0 Å². The fraction of sp³-hybridized carbons (Fsp3) is 0.162. The van der Waals surface area contributed by atoms with E-state index in [4.69, 9.17) is 5.41 Å². The summed E-state index contributed by atoms with van der Waals surface area (Å²) in [6, 6.07) is 20.1. The lowest BCUT2D eigenvalue weighted by Crippen LogP contribution is -2.28. The summed E-state index contributed by atoms with van der Waals surface area (Å²) in [6.45, 7) is 0. The number of fused-ring (bicyclic) bond motifs is 7. The van der Waals surface area contributed by atoms with E-state index in [1.54, 1.807) is 6.08 Å². The molecule has 212 valence electrons. The van der Waals surface area contributed by atoms with Crippen LogP contribution in [0.2, 0.25) is 0 Å². The molecular weight excluding hydrogens is 528 g/mol. The van der Waals surface area contributed by atoms with Crippen LogP contribution < -0.4 is 10.6 Å². The van der Waals surface area contributed by atoms with Gasteiger partial charge in [-0.05, 0) is 66.0 Å². The molecule has 3 aromatic heterocycles. The Bertz CT molecular complexity index is 2020. The highest BCUT2D eigenvalue weighted by Gasteiger charge is 2.32. The molecule has 8 rings (SSSR count). The zero-order chi connectivity index (χ0) is 28.9. The van der Waals surface area contributed by atoms with Crippen LogP contribution in [0.4, 0.5) is 0 Å². The summed E-state index contributed by atoms with van der Waals surface area (Å²) in [5.41, 5.74) is 13.4. The number of H-pyrrole nitrogens is 2. The predicted molar refractivity (Wildman–Crippen MR) is 177 cm³/mol. The molecule has 3 aliphatic rings. The first-order chi connectivity index (χ1) is 21.2. The summed E-state index contributed by atoms with van der Waals surface area (Å²) < 4.78 is 2.22. The maximum Gasteiger partial charge on any atom is 0.0854 e. The molecule has 2 aromatic carbocycles. The second-order valence-corrected chi connectivity index (χ2v) is 11.6. The van der Waals surface area contributed by atoms with Gasteiger partial charge in [0.05, 0.1) is 28.8 Å². The molecule has 1 aliphatic carbocycles. The minimum Gasteiger partial charge on any atom is -0.376 e. The van der Waals surface area contributed by atoms with Gasteiger partial charge in [-0.25, -0.2) is 0 Å². The van der Waals surface area contributed by atoms with Crippen LogP contribution in [0.5, 0.6) is 0 Å². The summed E-state index contributed by atoms with van der Waals surface area (Å²) in [5, 5.41) is 17.4. The predicted octanol–water partition coefficient (Wildman–Crippen LogP) is 7.95. The van der Waals surface area contributed by atoms with Crippen molar-refractivity contribution in [1.82, 2.24) is 25.2 Å². The van der Waals surface area contributed by atoms with E-state index >= 15 is 0 Å². The van der Waals surface area contributed by atoms with Crippen molar-refractivity contribution in [3.63, 3.8) is 0 Å². The molecule has 5 aromatic rings. The van der Waals surface area contributed by atoms with Gasteiger partial charge in [-0.15, -0.1) is 0 Å². The average Bonchev–Trinajstić information content (AvgIpc) is 3.80. The van der Waals surface area contributed by atoms with Gasteiger partial charge < -0.3 is 30.6 Å². The van der Waals surface area contributed by atoms with Crippen LogP contribution in [0.15, 0.2) is 115 Å². The number of hydrogen-bond acceptors (Lipinski definition) is 3. The van der Waals surface area contributed by atoms with Gasteiger partial charge in [0, 0.05) is 71.1 Å². The van der Waals surface area contributed by atoms with Crippen molar-refractivity contribution < 1.29 is 0 Å². The summed E-state index contributed by atoms with van der Waals surface area (Å²) in [5.74, 6) is 0. The van der Waals surface area contributed by atoms with Gasteiger partial charge in [-0.1, -0.05) is 54.6 Å². The van der Waals surface area contributed by atoms with E-state index in [1.807, 2.05) is 18.3 Å². The lowest BCUT2D eigenvalue weighted by Gasteiger charge is -2.32. The molecule has 0 spiro atoms. The van der Waals surface area contributed by atoms with E-state index in [1.165, 1.54) is 67.2 Å². The van der Waals surface area contributed by atoms with Gasteiger partial charge in [0.2, 0.25) is 0 Å². The van der Waals surface area contributed by atoms with Crippen molar-refractivity contribution in [3.8, 4) is 0 Å². The fourth-order valence-electron chi connectivity index (χ4n) is 6.94. The molecule has 5 N–H and O–H groups in total. The standard InChI is InChI=1S/C37H34N6/c1-43-20-17-25-15-16-29-33-34(41-30-9-3-2-8-28(30)35(33)42-36(29)37(25)43)24-13-11-23(12-14-24)26-21-27(7-4-5-18-38)40-32(22-26)31-10-6-19-39-31/h4-6,8-22,32,34,38-42H,2-3,7H2,1H3/b5-4-,38-18?. The Hall–Kier alpha value is -5.23. The molecule has 0 saturated carbocycles. The van der Waals surface area contributed by atoms with Gasteiger partial charge in [-0.3, -0.25) is 0 Å². The van der Waals surface area contributed by atoms with Crippen LogP contribution in [0.3, 0.4) is 0 Å². The third kappa shape index (κ3) is 4.29. The van der Waals surface area contributed by atoms with Crippen molar-refractivity contribution >= 4 is 39.2 Å². The first-order valence-electron chi connectivity index (χ1n) is 15.0. The monoisotopic (exact) mass is 562 g/mol. The third-order valence-electron chi connectivity index (χ3n) is 8.98. The summed E-state index contributed by atoms with van der Waals surface area (Å²) >= 11 is 0. The van der Waals surface area contributed by atoms with E-state index < -0.39 is 0 Å². The number of aromatic nitrogens is 3.